The predicted molar refractivity (Wildman–Crippen MR) is 87.4 cm³/mol. The smallest absolute Gasteiger partial charge is 0.251 e. The summed E-state index contributed by atoms with van der Waals surface area (Å²) in [6.45, 7) is 7.62. The van der Waals surface area contributed by atoms with Crippen LogP contribution in [0.4, 0.5) is 0 Å². The van der Waals surface area contributed by atoms with Gasteiger partial charge in [0.15, 0.2) is 0 Å². The zero-order valence-corrected chi connectivity index (χ0v) is 13.4. The van der Waals surface area contributed by atoms with Gasteiger partial charge in [-0.15, -0.1) is 0 Å². The van der Waals surface area contributed by atoms with Crippen molar-refractivity contribution >= 4 is 5.91 Å². The van der Waals surface area contributed by atoms with Gasteiger partial charge in [0.1, 0.15) is 0 Å². The maximum absolute atomic E-state index is 12.1. The van der Waals surface area contributed by atoms with E-state index in [0.717, 1.165) is 24.9 Å². The average Bonchev–Trinajstić information content (AvgIpc) is 2.49. The van der Waals surface area contributed by atoms with E-state index in [9.17, 15) is 4.79 Å². The summed E-state index contributed by atoms with van der Waals surface area (Å²) < 4.78 is 0. The summed E-state index contributed by atoms with van der Waals surface area (Å²) in [5, 5.41) is 3.05. The first kappa shape index (κ1) is 16.0. The molecule has 0 bridgehead atoms. The number of benzene rings is 1. The second kappa shape index (κ2) is 8.18. The summed E-state index contributed by atoms with van der Waals surface area (Å²) in [5.74, 6) is 0.0421. The van der Waals surface area contributed by atoms with Gasteiger partial charge in [-0.1, -0.05) is 31.9 Å². The first-order chi connectivity index (χ1) is 10.2. The minimum absolute atomic E-state index is 0.0421. The number of carbonyl (C=O) groups is 1. The van der Waals surface area contributed by atoms with E-state index in [0.29, 0.717) is 0 Å². The lowest BCUT2D eigenvalue weighted by molar-refractivity contribution is 0.0938. The third-order valence-electron chi connectivity index (χ3n) is 4.17. The fraction of sp³-hybridized carbons (Fsp3) is 0.611. The van der Waals surface area contributed by atoms with Gasteiger partial charge in [-0.05, 0) is 57.0 Å². The van der Waals surface area contributed by atoms with Crippen molar-refractivity contribution in [3.63, 3.8) is 0 Å². The van der Waals surface area contributed by atoms with Gasteiger partial charge in [-0.3, -0.25) is 9.69 Å². The average molecular weight is 288 g/mol. The molecule has 1 saturated heterocycles. The van der Waals surface area contributed by atoms with Gasteiger partial charge in [0.05, 0.1) is 0 Å². The summed E-state index contributed by atoms with van der Waals surface area (Å²) >= 11 is 0. The Bertz CT molecular complexity index is 435. The number of hydrogen-bond acceptors (Lipinski definition) is 2. The molecule has 1 aromatic rings. The second-order valence-corrected chi connectivity index (χ2v) is 6.20. The molecule has 1 aromatic carbocycles. The van der Waals surface area contributed by atoms with Crippen LogP contribution in [0.15, 0.2) is 24.3 Å². The largest absolute Gasteiger partial charge is 0.350 e. The van der Waals surface area contributed by atoms with Crippen molar-refractivity contribution in [2.45, 2.75) is 58.5 Å². The quantitative estimate of drug-likeness (QED) is 0.867. The molecule has 1 aliphatic heterocycles. The lowest BCUT2D eigenvalue weighted by Crippen LogP contribution is -2.32. The number of likely N-dealkylation sites (tertiary alicyclic amines) is 1. The van der Waals surface area contributed by atoms with Crippen molar-refractivity contribution in [3.05, 3.63) is 35.4 Å². The van der Waals surface area contributed by atoms with E-state index < -0.39 is 0 Å². The third kappa shape index (κ3) is 5.16. The van der Waals surface area contributed by atoms with Crippen LogP contribution in [0.25, 0.3) is 0 Å². The number of hydrogen-bond donors (Lipinski definition) is 1. The molecule has 0 radical (unpaired) electrons. The summed E-state index contributed by atoms with van der Waals surface area (Å²) in [6, 6.07) is 8.33. The first-order valence-electron chi connectivity index (χ1n) is 8.31. The van der Waals surface area contributed by atoms with Crippen molar-refractivity contribution in [3.8, 4) is 0 Å². The van der Waals surface area contributed by atoms with Crippen molar-refractivity contribution in [2.24, 2.45) is 0 Å². The normalized spacial score (nSPS) is 17.4. The molecule has 1 atom stereocenters. The van der Waals surface area contributed by atoms with Crippen LogP contribution in [0.5, 0.6) is 0 Å². The Labute approximate surface area is 128 Å². The van der Waals surface area contributed by atoms with Crippen LogP contribution in [0, 0.1) is 0 Å². The number of carbonyl (C=O) groups excluding carboxylic acids is 1. The summed E-state index contributed by atoms with van der Waals surface area (Å²) in [5.41, 5.74) is 2.07. The van der Waals surface area contributed by atoms with Crippen LogP contribution in [-0.4, -0.2) is 29.9 Å². The monoisotopic (exact) mass is 288 g/mol. The van der Waals surface area contributed by atoms with Crippen LogP contribution in [0.2, 0.25) is 0 Å². The fourth-order valence-corrected chi connectivity index (χ4v) is 2.95. The second-order valence-electron chi connectivity index (χ2n) is 6.20. The molecule has 1 amide bonds. The van der Waals surface area contributed by atoms with Gasteiger partial charge < -0.3 is 5.32 Å². The molecule has 1 N–H and O–H groups in total. The molecule has 1 fully saturated rings. The minimum atomic E-state index is 0.0421. The number of amides is 1. The molecule has 0 aliphatic carbocycles. The number of rotatable bonds is 6. The Kier molecular flexibility index (Phi) is 6.24. The zero-order chi connectivity index (χ0) is 15.1. The van der Waals surface area contributed by atoms with Crippen LogP contribution >= 0.6 is 0 Å². The molecule has 1 unspecified atom stereocenters. The number of nitrogens with zero attached hydrogens (tertiary/aromatic N) is 1. The van der Waals surface area contributed by atoms with Gasteiger partial charge in [0.25, 0.3) is 5.91 Å². The SMILES string of the molecule is CCCC(C)NC(=O)c1ccc(CN2CCCCC2)cc1. The molecule has 0 spiro atoms. The molecule has 3 nitrogen and oxygen atoms in total. The highest BCUT2D eigenvalue weighted by Gasteiger charge is 2.12. The molecular formula is C18H28N2O. The first-order valence-corrected chi connectivity index (χ1v) is 8.31. The van der Waals surface area contributed by atoms with Gasteiger partial charge in [-0.25, -0.2) is 0 Å². The molecule has 2 rings (SSSR count). The molecule has 1 heterocycles. The Morgan fingerprint density at radius 1 is 1.19 bits per heavy atom. The molecule has 21 heavy (non-hydrogen) atoms. The molecule has 0 aromatic heterocycles. The molecule has 116 valence electrons. The van der Waals surface area contributed by atoms with Crippen LogP contribution in [0.3, 0.4) is 0 Å². The topological polar surface area (TPSA) is 32.3 Å². The Morgan fingerprint density at radius 3 is 2.48 bits per heavy atom. The fourth-order valence-electron chi connectivity index (χ4n) is 2.95. The van der Waals surface area contributed by atoms with E-state index in [2.05, 4.69) is 36.2 Å². The van der Waals surface area contributed by atoms with Gasteiger partial charge in [0.2, 0.25) is 0 Å². The van der Waals surface area contributed by atoms with Crippen molar-refractivity contribution in [2.75, 3.05) is 13.1 Å². The standard InChI is InChI=1S/C18H28N2O/c1-3-7-15(2)19-18(21)17-10-8-16(9-11-17)14-20-12-5-4-6-13-20/h8-11,15H,3-7,12-14H2,1-2H3,(H,19,21). The lowest BCUT2D eigenvalue weighted by atomic mass is 10.1. The number of nitrogens with one attached hydrogen (secondary N) is 1. The summed E-state index contributed by atoms with van der Waals surface area (Å²) in [7, 11) is 0. The van der Waals surface area contributed by atoms with Crippen molar-refractivity contribution in [1.29, 1.82) is 0 Å². The molecule has 0 saturated carbocycles. The van der Waals surface area contributed by atoms with E-state index in [1.54, 1.807) is 0 Å². The maximum Gasteiger partial charge on any atom is 0.251 e. The van der Waals surface area contributed by atoms with Crippen LogP contribution < -0.4 is 5.32 Å². The summed E-state index contributed by atoms with van der Waals surface area (Å²) in [6.07, 6.45) is 6.12. The van der Waals surface area contributed by atoms with E-state index in [-0.39, 0.29) is 11.9 Å². The van der Waals surface area contributed by atoms with Gasteiger partial charge in [0, 0.05) is 18.2 Å². The summed E-state index contributed by atoms with van der Waals surface area (Å²) in [4.78, 5) is 14.6. The highest BCUT2D eigenvalue weighted by atomic mass is 16.1. The third-order valence-corrected chi connectivity index (χ3v) is 4.17. The van der Waals surface area contributed by atoms with E-state index in [1.807, 2.05) is 12.1 Å². The van der Waals surface area contributed by atoms with Crippen molar-refractivity contribution in [1.82, 2.24) is 10.2 Å². The van der Waals surface area contributed by atoms with Crippen LogP contribution in [-0.2, 0) is 6.54 Å². The highest BCUT2D eigenvalue weighted by Crippen LogP contribution is 2.13. The van der Waals surface area contributed by atoms with E-state index >= 15 is 0 Å². The maximum atomic E-state index is 12.1. The van der Waals surface area contributed by atoms with Gasteiger partial charge in [-0.2, -0.15) is 0 Å². The zero-order valence-electron chi connectivity index (χ0n) is 13.4. The van der Waals surface area contributed by atoms with E-state index in [4.69, 9.17) is 0 Å². The highest BCUT2D eigenvalue weighted by molar-refractivity contribution is 5.94. The Hall–Kier alpha value is -1.35. The Balaban J connectivity index is 1.87. The lowest BCUT2D eigenvalue weighted by Gasteiger charge is -2.26. The minimum Gasteiger partial charge on any atom is -0.350 e. The van der Waals surface area contributed by atoms with Crippen LogP contribution in [0.1, 0.15) is 61.9 Å². The van der Waals surface area contributed by atoms with Crippen molar-refractivity contribution < 1.29 is 4.79 Å². The van der Waals surface area contributed by atoms with E-state index in [1.165, 1.54) is 37.9 Å². The predicted octanol–water partition coefficient (Wildman–Crippen LogP) is 3.59. The molecule has 3 heteroatoms. The Morgan fingerprint density at radius 2 is 1.86 bits per heavy atom. The molecule has 1 aliphatic rings. The molecular weight excluding hydrogens is 260 g/mol. The number of piperidine rings is 1. The van der Waals surface area contributed by atoms with Gasteiger partial charge >= 0.3 is 0 Å².